The Hall–Kier alpha value is -0.00312. The van der Waals surface area contributed by atoms with Crippen molar-refractivity contribution in [3.05, 3.63) is 0 Å². The summed E-state index contributed by atoms with van der Waals surface area (Å²) in [4.78, 5) is 28.5. The second-order valence-corrected chi connectivity index (χ2v) is 12.2. The molecule has 0 aliphatic rings. The largest absolute Gasteiger partial charge is 0.416 e. The van der Waals surface area contributed by atoms with Gasteiger partial charge in [0.1, 0.15) is 11.9 Å². The highest BCUT2D eigenvalue weighted by Gasteiger charge is 2.37. The fourth-order valence-electron chi connectivity index (χ4n) is 0.945. The zero-order valence-corrected chi connectivity index (χ0v) is 13.1. The molecule has 0 saturated carbocycles. The predicted molar refractivity (Wildman–Crippen MR) is 69.7 cm³/mol. The topological polar surface area (TPSA) is 83.8 Å². The number of hydrogen-bond acceptors (Lipinski definition) is 3. The number of Topliss-reactive ketones (excluding diaryl/α,β-unsaturated/α-hetero) is 1. The molecule has 5 nitrogen and oxygen atoms in total. The first kappa shape index (κ1) is 17.0. The zero-order valence-electron chi connectivity index (χ0n) is 11.2. The Kier molecular flexibility index (Phi) is 5.76. The molecule has 0 saturated heterocycles. The molecule has 2 N–H and O–H groups in total. The van der Waals surface area contributed by atoms with Crippen molar-refractivity contribution in [1.29, 1.82) is 0 Å². The first-order valence-electron chi connectivity index (χ1n) is 5.55. The van der Waals surface area contributed by atoms with Crippen LogP contribution < -0.4 is 0 Å². The monoisotopic (exact) mass is 282 g/mol. The van der Waals surface area contributed by atoms with Crippen LogP contribution in [0.2, 0.25) is 18.1 Å². The lowest BCUT2D eigenvalue weighted by Crippen LogP contribution is -2.41. The number of rotatable bonds is 6. The van der Waals surface area contributed by atoms with Crippen LogP contribution in [-0.2, 0) is 13.8 Å². The van der Waals surface area contributed by atoms with Crippen molar-refractivity contribution in [2.24, 2.45) is 0 Å². The van der Waals surface area contributed by atoms with Crippen LogP contribution in [0.15, 0.2) is 0 Å². The lowest BCUT2D eigenvalue weighted by molar-refractivity contribution is -0.117. The maximum Gasteiger partial charge on any atom is 0.332 e. The van der Waals surface area contributed by atoms with E-state index in [9.17, 15) is 9.36 Å². The Labute approximate surface area is 104 Å². The van der Waals surface area contributed by atoms with Crippen LogP contribution in [0.5, 0.6) is 0 Å². The van der Waals surface area contributed by atoms with E-state index in [1.54, 1.807) is 0 Å². The lowest BCUT2D eigenvalue weighted by Gasteiger charge is -2.36. The third kappa shape index (κ3) is 7.11. The molecular formula is C10H23O5PSi. The Morgan fingerprint density at radius 2 is 1.76 bits per heavy atom. The highest BCUT2D eigenvalue weighted by atomic mass is 31.2. The van der Waals surface area contributed by atoms with Crippen LogP contribution in [0.4, 0.5) is 0 Å². The minimum Gasteiger partial charge on any atom is -0.416 e. The Balaban J connectivity index is 4.09. The fourth-order valence-corrected chi connectivity index (χ4v) is 2.61. The van der Waals surface area contributed by atoms with E-state index in [1.807, 2.05) is 0 Å². The molecule has 0 spiro atoms. The molecule has 0 heterocycles. The number of hydrogen-bond donors (Lipinski definition) is 2. The first-order valence-corrected chi connectivity index (χ1v) is 10.3. The van der Waals surface area contributed by atoms with Gasteiger partial charge in [-0.15, -0.1) is 0 Å². The number of carbonyl (C=O) groups excluding carboxylic acids is 1. The van der Waals surface area contributed by atoms with Crippen LogP contribution >= 0.6 is 7.60 Å². The maximum atomic E-state index is 11.2. The van der Waals surface area contributed by atoms with E-state index < -0.39 is 27.9 Å². The van der Waals surface area contributed by atoms with E-state index in [2.05, 4.69) is 33.9 Å². The van der Waals surface area contributed by atoms with Gasteiger partial charge in [-0.1, -0.05) is 20.8 Å². The van der Waals surface area contributed by atoms with E-state index in [4.69, 9.17) is 14.2 Å². The molecular weight excluding hydrogens is 259 g/mol. The van der Waals surface area contributed by atoms with Gasteiger partial charge >= 0.3 is 7.60 Å². The highest BCUT2D eigenvalue weighted by molar-refractivity contribution is 7.52. The van der Waals surface area contributed by atoms with Crippen molar-refractivity contribution in [3.8, 4) is 0 Å². The van der Waals surface area contributed by atoms with E-state index in [-0.39, 0.29) is 18.1 Å². The van der Waals surface area contributed by atoms with Crippen LogP contribution in [0, 0.1) is 0 Å². The second kappa shape index (κ2) is 5.76. The molecule has 17 heavy (non-hydrogen) atoms. The van der Waals surface area contributed by atoms with Gasteiger partial charge in [0.05, 0.1) is 0 Å². The molecule has 102 valence electrons. The Morgan fingerprint density at radius 3 is 2.12 bits per heavy atom. The van der Waals surface area contributed by atoms with E-state index >= 15 is 0 Å². The normalized spacial score (nSPS) is 13.8. The lowest BCUT2D eigenvalue weighted by atomic mass is 10.2. The van der Waals surface area contributed by atoms with Gasteiger partial charge in [-0.25, -0.2) is 0 Å². The van der Waals surface area contributed by atoms with Crippen molar-refractivity contribution in [2.45, 2.75) is 45.3 Å². The molecule has 0 aromatic carbocycles. The third-order valence-corrected chi connectivity index (χ3v) is 8.34. The number of ketones is 1. The fraction of sp³-hybridized carbons (Fsp3) is 0.900. The van der Waals surface area contributed by atoms with Crippen LogP contribution in [0.25, 0.3) is 0 Å². The molecule has 0 atom stereocenters. The zero-order chi connectivity index (χ0) is 13.9. The summed E-state index contributed by atoms with van der Waals surface area (Å²) in [5.74, 6) is -0.447. The summed E-state index contributed by atoms with van der Waals surface area (Å²) >= 11 is 0. The molecule has 0 unspecified atom stereocenters. The van der Waals surface area contributed by atoms with Gasteiger partial charge in [0.25, 0.3) is 0 Å². The summed E-state index contributed by atoms with van der Waals surface area (Å²) in [6.45, 7) is 10.7. The molecule has 0 radical (unpaired) electrons. The Morgan fingerprint density at radius 1 is 1.29 bits per heavy atom. The van der Waals surface area contributed by atoms with E-state index in [0.29, 0.717) is 0 Å². The van der Waals surface area contributed by atoms with Gasteiger partial charge < -0.3 is 14.2 Å². The van der Waals surface area contributed by atoms with Crippen molar-refractivity contribution < 1.29 is 23.6 Å². The van der Waals surface area contributed by atoms with Gasteiger partial charge in [0, 0.05) is 13.0 Å². The summed E-state index contributed by atoms with van der Waals surface area (Å²) in [5.41, 5.74) is 0. The molecule has 0 bridgehead atoms. The number of carbonyl (C=O) groups is 1. The molecule has 0 aliphatic heterocycles. The van der Waals surface area contributed by atoms with Crippen LogP contribution in [0.1, 0.15) is 27.2 Å². The van der Waals surface area contributed by atoms with Gasteiger partial charge in [-0.2, -0.15) is 0 Å². The smallest absolute Gasteiger partial charge is 0.332 e. The van der Waals surface area contributed by atoms with Crippen LogP contribution in [0.3, 0.4) is 0 Å². The van der Waals surface area contributed by atoms with Crippen molar-refractivity contribution in [3.63, 3.8) is 0 Å². The van der Waals surface area contributed by atoms with Gasteiger partial charge in [-0.05, 0) is 18.1 Å². The van der Waals surface area contributed by atoms with E-state index in [0.717, 1.165) is 0 Å². The molecule has 0 aromatic heterocycles. The quantitative estimate of drug-likeness (QED) is 0.576. The van der Waals surface area contributed by atoms with Gasteiger partial charge in [-0.3, -0.25) is 9.36 Å². The first-order chi connectivity index (χ1) is 7.35. The molecule has 0 aromatic rings. The van der Waals surface area contributed by atoms with Crippen molar-refractivity contribution in [1.82, 2.24) is 0 Å². The summed E-state index contributed by atoms with van der Waals surface area (Å²) in [5, 5.41) is 0.0687. The van der Waals surface area contributed by atoms with E-state index in [1.165, 1.54) is 0 Å². The average molecular weight is 282 g/mol. The van der Waals surface area contributed by atoms with Gasteiger partial charge in [0.2, 0.25) is 0 Å². The molecule has 0 aliphatic carbocycles. The molecule has 0 rings (SSSR count). The molecule has 7 heteroatoms. The third-order valence-electron chi connectivity index (χ3n) is 3.03. The van der Waals surface area contributed by atoms with Gasteiger partial charge in [0.15, 0.2) is 8.32 Å². The predicted octanol–water partition coefficient (Wildman–Crippen LogP) is 2.15. The van der Waals surface area contributed by atoms with Crippen molar-refractivity contribution in [2.75, 3.05) is 12.8 Å². The molecule has 0 amide bonds. The maximum absolute atomic E-state index is 11.2. The summed E-state index contributed by atoms with van der Waals surface area (Å²) in [6, 6.07) is 0. The minimum absolute atomic E-state index is 0.0671. The van der Waals surface area contributed by atoms with Crippen molar-refractivity contribution >= 4 is 21.7 Å². The summed E-state index contributed by atoms with van der Waals surface area (Å²) in [7, 11) is -6.11. The SMILES string of the molecule is CC(C)(C)[Si](C)(C)OCCC(=O)CP(=O)(O)O. The summed E-state index contributed by atoms with van der Waals surface area (Å²) < 4.78 is 16.3. The minimum atomic E-state index is -4.23. The van der Waals surface area contributed by atoms with Crippen LogP contribution in [-0.4, -0.2) is 36.7 Å². The summed E-state index contributed by atoms with van der Waals surface area (Å²) in [6.07, 6.45) is -0.620. The standard InChI is InChI=1S/C10H23O5PSi/c1-10(2,3)17(4,5)15-7-6-9(11)8-16(12,13)14/h6-8H2,1-5H3,(H2,12,13,14). The highest BCUT2D eigenvalue weighted by Crippen LogP contribution is 2.37. The Bertz CT molecular complexity index is 315. The molecule has 0 fully saturated rings. The second-order valence-electron chi connectivity index (χ2n) is 5.72. The average Bonchev–Trinajstić information content (AvgIpc) is 1.97.